The zero-order chi connectivity index (χ0) is 47.8. The van der Waals surface area contributed by atoms with Crippen molar-refractivity contribution in [2.75, 3.05) is 14.7 Å². The molecule has 0 amide bonds. The van der Waals surface area contributed by atoms with Crippen molar-refractivity contribution in [3.63, 3.8) is 0 Å². The van der Waals surface area contributed by atoms with E-state index in [1.165, 1.54) is 27.8 Å². The summed E-state index contributed by atoms with van der Waals surface area (Å²) in [5.41, 5.74) is 15.1. The van der Waals surface area contributed by atoms with Crippen LogP contribution in [-0.2, 0) is 42.7 Å². The Hall–Kier alpha value is -6.42. The van der Waals surface area contributed by atoms with Crippen molar-refractivity contribution >= 4 is 61.6 Å². The Kier molecular flexibility index (Phi) is 12.3. The summed E-state index contributed by atoms with van der Waals surface area (Å²) < 4.78 is 2.28. The van der Waals surface area contributed by atoms with Gasteiger partial charge in [-0.05, 0) is 98.5 Å². The van der Waals surface area contributed by atoms with E-state index < -0.39 is 0 Å². The van der Waals surface area contributed by atoms with Crippen LogP contribution >= 0.6 is 0 Å². The molecule has 0 N–H and O–H groups in total. The Morgan fingerprint density at radius 1 is 0.478 bits per heavy atom. The van der Waals surface area contributed by atoms with Gasteiger partial charge < -0.3 is 19.3 Å². The van der Waals surface area contributed by atoms with E-state index >= 15 is 0 Å². The van der Waals surface area contributed by atoms with Gasteiger partial charge in [0.2, 0.25) is 0 Å². The van der Waals surface area contributed by atoms with Crippen LogP contribution in [-0.4, -0.2) is 9.55 Å². The molecule has 2 aromatic heterocycles. The van der Waals surface area contributed by atoms with Crippen LogP contribution in [0, 0.1) is 18.8 Å². The van der Waals surface area contributed by atoms with Gasteiger partial charge in [-0.3, -0.25) is 0 Å². The van der Waals surface area contributed by atoms with Crippen molar-refractivity contribution in [1.29, 1.82) is 0 Å². The average molecular weight is 1080 g/mol. The Balaban J connectivity index is 0.00000593. The molecule has 3 heterocycles. The van der Waals surface area contributed by atoms with Crippen molar-refractivity contribution < 1.29 is 21.1 Å². The number of anilines is 7. The topological polar surface area (TPSA) is 27.5 Å². The van der Waals surface area contributed by atoms with E-state index in [2.05, 4.69) is 278 Å². The number of para-hydroxylation sites is 4. The summed E-state index contributed by atoms with van der Waals surface area (Å²) in [7, 11) is 0. The standard InChI is InChI=1S/C63H62N5.Pt/c1-60(2,3)45-34-46(61(4,5)6)36-50(35-45)65-42-66(57-29-21-20-28-56(57)65)51-37-47(62(7,8)9)38-52(40-51)67(48-24-16-13-17-25-48)49-30-31-54-53-26-18-19-27-55(53)68(58(54)41-49)59-39-44(32-33-64-59)63(10,11)43-22-14-12-15-23-43;/h12-39,42H,1-11H3;/q-3;. The van der Waals surface area contributed by atoms with Crippen molar-refractivity contribution in [2.45, 2.75) is 97.8 Å². The molecule has 6 heteroatoms. The minimum atomic E-state index is -0.238. The maximum absolute atomic E-state index is 5.06. The van der Waals surface area contributed by atoms with Gasteiger partial charge in [-0.1, -0.05) is 178 Å². The maximum atomic E-state index is 5.06. The van der Waals surface area contributed by atoms with E-state index in [0.29, 0.717) is 0 Å². The second-order valence-electron chi connectivity index (χ2n) is 22.0. The van der Waals surface area contributed by atoms with Crippen molar-refractivity contribution in [1.82, 2.24) is 9.55 Å². The minimum Gasteiger partial charge on any atom is -0.493 e. The predicted molar refractivity (Wildman–Crippen MR) is 287 cm³/mol. The van der Waals surface area contributed by atoms with Crippen LogP contribution < -0.4 is 14.7 Å². The van der Waals surface area contributed by atoms with Crippen molar-refractivity contribution in [2.24, 2.45) is 0 Å². The van der Waals surface area contributed by atoms with Gasteiger partial charge in [0.1, 0.15) is 5.82 Å². The van der Waals surface area contributed by atoms with Gasteiger partial charge >= 0.3 is 0 Å². The van der Waals surface area contributed by atoms with Crippen LogP contribution in [0.5, 0.6) is 0 Å². The van der Waals surface area contributed by atoms with Gasteiger partial charge in [0.15, 0.2) is 0 Å². The van der Waals surface area contributed by atoms with Crippen LogP contribution in [0.3, 0.4) is 0 Å². The third-order valence-corrected chi connectivity index (χ3v) is 13.8. The molecule has 0 spiro atoms. The second kappa shape index (κ2) is 17.8. The normalized spacial score (nSPS) is 13.2. The van der Waals surface area contributed by atoms with E-state index in [9.17, 15) is 0 Å². The van der Waals surface area contributed by atoms with Crippen molar-refractivity contribution in [3.05, 3.63) is 217 Å². The minimum absolute atomic E-state index is 0. The van der Waals surface area contributed by atoms with Gasteiger partial charge in [0.25, 0.3) is 0 Å². The first-order valence-electron chi connectivity index (χ1n) is 24.0. The molecule has 1 aliphatic heterocycles. The summed E-state index contributed by atoms with van der Waals surface area (Å²) >= 11 is 0. The SMILES string of the molecule is CC(C)(C)c1cc(N2[CH-]N(c3cc(C(C)(C)C)cc(C(C)(C)C)c3)c3ccccc32)[c-]c(N(c2[c-]c3c(cc2)c2ccccc2n3-c2cc(C(C)(C)c3ccccc3)ccn2)c2ccccc2)c1.[Pt]. The Bertz CT molecular complexity index is 3280. The van der Waals surface area contributed by atoms with Gasteiger partial charge in [-0.15, -0.1) is 53.6 Å². The molecule has 69 heavy (non-hydrogen) atoms. The number of pyridine rings is 1. The van der Waals surface area contributed by atoms with Crippen LogP contribution in [0.1, 0.15) is 104 Å². The molecule has 0 aliphatic carbocycles. The fourth-order valence-electron chi connectivity index (χ4n) is 9.53. The maximum Gasteiger partial charge on any atom is 0.135 e. The first kappa shape index (κ1) is 47.6. The Labute approximate surface area is 424 Å². The molecular weight excluding hydrogens is 1020 g/mol. The summed E-state index contributed by atoms with van der Waals surface area (Å²) in [5, 5.41) is 2.28. The van der Waals surface area contributed by atoms with E-state index in [4.69, 9.17) is 4.98 Å². The second-order valence-corrected chi connectivity index (χ2v) is 22.0. The molecule has 0 atom stereocenters. The summed E-state index contributed by atoms with van der Waals surface area (Å²) in [6.07, 6.45) is 1.95. The summed E-state index contributed by atoms with van der Waals surface area (Å²) in [4.78, 5) is 12.0. The summed E-state index contributed by atoms with van der Waals surface area (Å²) in [6.45, 7) is 27.5. The smallest absolute Gasteiger partial charge is 0.135 e. The molecule has 0 bridgehead atoms. The molecule has 1 aliphatic rings. The molecule has 0 fully saturated rings. The zero-order valence-electron chi connectivity index (χ0n) is 41.8. The largest absolute Gasteiger partial charge is 0.493 e. The first-order chi connectivity index (χ1) is 32.4. The van der Waals surface area contributed by atoms with Gasteiger partial charge in [-0.25, -0.2) is 4.98 Å². The number of benzene rings is 7. The molecule has 0 saturated heterocycles. The quantitative estimate of drug-likeness (QED) is 0.142. The molecule has 10 rings (SSSR count). The molecule has 5 nitrogen and oxygen atoms in total. The third-order valence-electron chi connectivity index (χ3n) is 13.8. The van der Waals surface area contributed by atoms with Crippen LogP contribution in [0.4, 0.5) is 39.8 Å². The molecule has 0 radical (unpaired) electrons. The molecule has 0 unspecified atom stereocenters. The number of hydrogen-bond acceptors (Lipinski definition) is 4. The van der Waals surface area contributed by atoms with Gasteiger partial charge in [0.05, 0.1) is 0 Å². The predicted octanol–water partition coefficient (Wildman–Crippen LogP) is 16.9. The van der Waals surface area contributed by atoms with E-state index in [1.807, 2.05) is 6.20 Å². The van der Waals surface area contributed by atoms with Crippen LogP contribution in [0.25, 0.3) is 27.6 Å². The van der Waals surface area contributed by atoms with Gasteiger partial charge in [0, 0.05) is 60.9 Å². The van der Waals surface area contributed by atoms with E-state index in [-0.39, 0.29) is 42.7 Å². The molecule has 0 saturated carbocycles. The third kappa shape index (κ3) is 8.92. The summed E-state index contributed by atoms with van der Waals surface area (Å²) in [5.74, 6) is 0.858. The number of hydrogen-bond donors (Lipinski definition) is 0. The Morgan fingerprint density at radius 3 is 1.71 bits per heavy atom. The number of aromatic nitrogens is 2. The Morgan fingerprint density at radius 2 is 1.06 bits per heavy atom. The molecular formula is C63H62N5Pt-3. The van der Waals surface area contributed by atoms with Crippen LogP contribution in [0.2, 0.25) is 0 Å². The average Bonchev–Trinajstić information content (AvgIpc) is 3.88. The molecule has 352 valence electrons. The molecule has 7 aromatic carbocycles. The van der Waals surface area contributed by atoms with Crippen LogP contribution in [0.15, 0.2) is 170 Å². The number of fused-ring (bicyclic) bond motifs is 4. The van der Waals surface area contributed by atoms with E-state index in [1.54, 1.807) is 0 Å². The first-order valence-corrected chi connectivity index (χ1v) is 24.0. The number of rotatable bonds is 8. The zero-order valence-corrected chi connectivity index (χ0v) is 44.1. The van der Waals surface area contributed by atoms with E-state index in [0.717, 1.165) is 67.4 Å². The van der Waals surface area contributed by atoms with Crippen molar-refractivity contribution in [3.8, 4) is 5.82 Å². The fourth-order valence-corrected chi connectivity index (χ4v) is 9.53. The fraction of sp³-hybridized carbons (Fsp3) is 0.238. The van der Waals surface area contributed by atoms with Gasteiger partial charge in [-0.2, -0.15) is 6.07 Å². The molecule has 9 aromatic rings. The summed E-state index contributed by atoms with van der Waals surface area (Å²) in [6, 6.07) is 67.3. The monoisotopic (exact) mass is 1080 g/mol. The number of nitrogens with zero attached hydrogens (tertiary/aromatic N) is 5.